The second-order valence-electron chi connectivity index (χ2n) is 7.14. The summed E-state index contributed by atoms with van der Waals surface area (Å²) in [6.45, 7) is 10.6. The molecule has 0 bridgehead atoms. The Hall–Kier alpha value is -2.24. The molecule has 1 aliphatic rings. The van der Waals surface area contributed by atoms with Crippen molar-refractivity contribution < 1.29 is 19.0 Å². The van der Waals surface area contributed by atoms with Crippen molar-refractivity contribution in [1.29, 1.82) is 0 Å². The minimum Gasteiger partial charge on any atom is -0.475 e. The SMILES string of the molecule is Cc1cc(OC[C@@H]2COC(C)(C)O2)nc(C)c1-c1cccc(C=O)c1C. The smallest absolute Gasteiger partial charge is 0.213 e. The summed E-state index contributed by atoms with van der Waals surface area (Å²) >= 11 is 0. The molecule has 0 amide bonds. The van der Waals surface area contributed by atoms with Crippen molar-refractivity contribution in [3.05, 3.63) is 46.6 Å². The minimum absolute atomic E-state index is 0.0985. The van der Waals surface area contributed by atoms with Gasteiger partial charge < -0.3 is 14.2 Å². The van der Waals surface area contributed by atoms with Crippen molar-refractivity contribution in [3.8, 4) is 17.0 Å². The average Bonchev–Trinajstić information content (AvgIpc) is 2.93. The highest BCUT2D eigenvalue weighted by Gasteiger charge is 2.33. The van der Waals surface area contributed by atoms with Crippen LogP contribution in [0.25, 0.3) is 11.1 Å². The number of aldehydes is 1. The van der Waals surface area contributed by atoms with Crippen LogP contribution >= 0.6 is 0 Å². The van der Waals surface area contributed by atoms with E-state index in [4.69, 9.17) is 14.2 Å². The van der Waals surface area contributed by atoms with E-state index < -0.39 is 5.79 Å². The fourth-order valence-corrected chi connectivity index (χ4v) is 3.35. The van der Waals surface area contributed by atoms with Gasteiger partial charge in [0.05, 0.1) is 6.61 Å². The van der Waals surface area contributed by atoms with E-state index in [9.17, 15) is 4.79 Å². The predicted molar refractivity (Wildman–Crippen MR) is 99.7 cm³/mol. The molecule has 0 radical (unpaired) electrons. The molecule has 0 spiro atoms. The summed E-state index contributed by atoms with van der Waals surface area (Å²) in [6, 6.07) is 7.67. The summed E-state index contributed by atoms with van der Waals surface area (Å²) in [7, 11) is 0. The van der Waals surface area contributed by atoms with E-state index in [1.54, 1.807) is 0 Å². The largest absolute Gasteiger partial charge is 0.475 e. The molecule has 1 aromatic heterocycles. The molecule has 138 valence electrons. The van der Waals surface area contributed by atoms with Gasteiger partial charge in [0.1, 0.15) is 19.0 Å². The molecule has 5 heteroatoms. The van der Waals surface area contributed by atoms with Crippen LogP contribution in [0.5, 0.6) is 5.88 Å². The van der Waals surface area contributed by atoms with Gasteiger partial charge in [0.15, 0.2) is 5.79 Å². The van der Waals surface area contributed by atoms with Crippen LogP contribution in [0.3, 0.4) is 0 Å². The Morgan fingerprint density at radius 2 is 2.08 bits per heavy atom. The quantitative estimate of drug-likeness (QED) is 0.758. The third-order valence-electron chi connectivity index (χ3n) is 4.63. The van der Waals surface area contributed by atoms with Crippen molar-refractivity contribution in [2.75, 3.05) is 13.2 Å². The molecule has 0 N–H and O–H groups in total. The summed E-state index contributed by atoms with van der Waals surface area (Å²) in [6.07, 6.45) is 0.790. The van der Waals surface area contributed by atoms with Crippen molar-refractivity contribution in [2.45, 2.75) is 46.5 Å². The normalized spacial score (nSPS) is 18.7. The number of carbonyl (C=O) groups excluding carboxylic acids is 1. The molecule has 1 aliphatic heterocycles. The molecular weight excluding hydrogens is 330 g/mol. The zero-order valence-electron chi connectivity index (χ0n) is 16.0. The number of aromatic nitrogens is 1. The van der Waals surface area contributed by atoms with E-state index in [-0.39, 0.29) is 6.10 Å². The van der Waals surface area contributed by atoms with Gasteiger partial charge in [0, 0.05) is 22.9 Å². The number of ether oxygens (including phenoxy) is 3. The number of hydrogen-bond acceptors (Lipinski definition) is 5. The monoisotopic (exact) mass is 355 g/mol. The Kier molecular flexibility index (Phi) is 5.12. The molecule has 5 nitrogen and oxygen atoms in total. The zero-order chi connectivity index (χ0) is 18.9. The maximum Gasteiger partial charge on any atom is 0.213 e. The maximum absolute atomic E-state index is 11.2. The Morgan fingerprint density at radius 3 is 2.69 bits per heavy atom. The van der Waals surface area contributed by atoms with Gasteiger partial charge in [0.2, 0.25) is 5.88 Å². The van der Waals surface area contributed by atoms with E-state index in [1.165, 1.54) is 0 Å². The summed E-state index contributed by atoms with van der Waals surface area (Å²) in [4.78, 5) is 15.8. The number of nitrogens with zero attached hydrogens (tertiary/aromatic N) is 1. The van der Waals surface area contributed by atoms with Crippen LogP contribution in [0, 0.1) is 20.8 Å². The molecule has 1 fully saturated rings. The molecular formula is C21H25NO4. The van der Waals surface area contributed by atoms with Crippen molar-refractivity contribution in [2.24, 2.45) is 0 Å². The molecule has 1 saturated heterocycles. The Labute approximate surface area is 154 Å². The number of rotatable bonds is 5. The van der Waals surface area contributed by atoms with Crippen molar-refractivity contribution >= 4 is 6.29 Å². The third-order valence-corrected chi connectivity index (χ3v) is 4.63. The highest BCUT2D eigenvalue weighted by Crippen LogP contribution is 2.32. The molecule has 0 saturated carbocycles. The average molecular weight is 355 g/mol. The zero-order valence-corrected chi connectivity index (χ0v) is 16.0. The molecule has 2 heterocycles. The Bertz CT molecular complexity index is 806. The third kappa shape index (κ3) is 3.79. The van der Waals surface area contributed by atoms with Gasteiger partial charge in [-0.2, -0.15) is 0 Å². The van der Waals surface area contributed by atoms with Crippen LogP contribution in [0.4, 0.5) is 0 Å². The van der Waals surface area contributed by atoms with E-state index >= 15 is 0 Å². The number of benzene rings is 1. The van der Waals surface area contributed by atoms with E-state index in [2.05, 4.69) is 4.98 Å². The summed E-state index contributed by atoms with van der Waals surface area (Å²) in [5.74, 6) is 0.0133. The molecule has 0 aliphatic carbocycles. The van der Waals surface area contributed by atoms with Crippen LogP contribution in [-0.4, -0.2) is 36.4 Å². The lowest BCUT2D eigenvalue weighted by Crippen LogP contribution is -2.25. The summed E-state index contributed by atoms with van der Waals surface area (Å²) in [5.41, 5.74) is 5.65. The second-order valence-corrected chi connectivity index (χ2v) is 7.14. The lowest BCUT2D eigenvalue weighted by atomic mass is 9.93. The topological polar surface area (TPSA) is 57.6 Å². The lowest BCUT2D eigenvalue weighted by molar-refractivity contribution is -0.141. The fourth-order valence-electron chi connectivity index (χ4n) is 3.35. The minimum atomic E-state index is -0.557. The highest BCUT2D eigenvalue weighted by atomic mass is 16.7. The number of carbonyl (C=O) groups is 1. The first-order chi connectivity index (χ1) is 12.3. The number of hydrogen-bond donors (Lipinski definition) is 0. The second kappa shape index (κ2) is 7.17. The number of pyridine rings is 1. The summed E-state index contributed by atoms with van der Waals surface area (Å²) in [5, 5.41) is 0. The van der Waals surface area contributed by atoms with Gasteiger partial charge in [-0.25, -0.2) is 4.98 Å². The molecule has 1 atom stereocenters. The number of aryl methyl sites for hydroxylation is 2. The van der Waals surface area contributed by atoms with Crippen molar-refractivity contribution in [3.63, 3.8) is 0 Å². The lowest BCUT2D eigenvalue weighted by Gasteiger charge is -2.18. The van der Waals surface area contributed by atoms with Gasteiger partial charge in [-0.05, 0) is 51.3 Å². The Morgan fingerprint density at radius 1 is 1.31 bits per heavy atom. The van der Waals surface area contributed by atoms with Crippen LogP contribution in [0.2, 0.25) is 0 Å². The van der Waals surface area contributed by atoms with E-state index in [0.29, 0.717) is 24.7 Å². The van der Waals surface area contributed by atoms with Crippen LogP contribution in [0.1, 0.15) is 41.0 Å². The molecule has 3 rings (SSSR count). The molecule has 2 aromatic rings. The first-order valence-corrected chi connectivity index (χ1v) is 8.78. The van der Waals surface area contributed by atoms with Gasteiger partial charge in [-0.1, -0.05) is 18.2 Å². The molecule has 26 heavy (non-hydrogen) atoms. The highest BCUT2D eigenvalue weighted by molar-refractivity contribution is 5.84. The fraction of sp³-hybridized carbons (Fsp3) is 0.429. The Balaban J connectivity index is 1.82. The van der Waals surface area contributed by atoms with Crippen LogP contribution < -0.4 is 4.74 Å². The van der Waals surface area contributed by atoms with Gasteiger partial charge in [-0.3, -0.25) is 4.79 Å². The van der Waals surface area contributed by atoms with Gasteiger partial charge in [-0.15, -0.1) is 0 Å². The van der Waals surface area contributed by atoms with Gasteiger partial charge >= 0.3 is 0 Å². The first kappa shape index (κ1) is 18.5. The van der Waals surface area contributed by atoms with Gasteiger partial charge in [0.25, 0.3) is 0 Å². The van der Waals surface area contributed by atoms with Crippen molar-refractivity contribution in [1.82, 2.24) is 4.98 Å². The van der Waals surface area contributed by atoms with E-state index in [0.717, 1.165) is 34.2 Å². The van der Waals surface area contributed by atoms with Crippen LogP contribution in [-0.2, 0) is 9.47 Å². The molecule has 1 aromatic carbocycles. The standard InChI is InChI=1S/C21H25NO4/c1-13-9-19(24-11-17-12-25-21(4,5)26-17)22-15(3)20(13)18-8-6-7-16(10-23)14(18)2/h6-10,17H,11-12H2,1-5H3/t17-/m1/s1. The maximum atomic E-state index is 11.2. The van der Waals surface area contributed by atoms with Crippen LogP contribution in [0.15, 0.2) is 24.3 Å². The predicted octanol–water partition coefficient (Wildman–Crippen LogP) is 4.02. The first-order valence-electron chi connectivity index (χ1n) is 8.78. The molecule has 0 unspecified atom stereocenters. The van der Waals surface area contributed by atoms with E-state index in [1.807, 2.05) is 58.9 Å². The summed E-state index contributed by atoms with van der Waals surface area (Å²) < 4.78 is 17.1.